The lowest BCUT2D eigenvalue weighted by atomic mass is 9.92. The van der Waals surface area contributed by atoms with Crippen LogP contribution in [0.4, 0.5) is 5.69 Å². The Hall–Kier alpha value is -2.41. The molecule has 25 heavy (non-hydrogen) atoms. The molecule has 0 aliphatic heterocycles. The average molecular weight is 350 g/mol. The number of hydrogen-bond donors (Lipinski definition) is 3. The van der Waals surface area contributed by atoms with Crippen LogP contribution in [0.5, 0.6) is 0 Å². The van der Waals surface area contributed by atoms with E-state index in [1.54, 1.807) is 0 Å². The van der Waals surface area contributed by atoms with Gasteiger partial charge in [0.05, 0.1) is 19.6 Å². The minimum atomic E-state index is -1.18. The molecule has 0 aromatic heterocycles. The number of carboxylic acid groups (broad SMARTS) is 2. The maximum absolute atomic E-state index is 12.4. The minimum absolute atomic E-state index is 0.197. The van der Waals surface area contributed by atoms with E-state index >= 15 is 0 Å². The summed E-state index contributed by atoms with van der Waals surface area (Å²) < 4.78 is 0. The molecule has 1 aromatic rings. The summed E-state index contributed by atoms with van der Waals surface area (Å²) in [6.07, 6.45) is 0. The third-order valence-electron chi connectivity index (χ3n) is 3.72. The fourth-order valence-corrected chi connectivity index (χ4v) is 2.63. The summed E-state index contributed by atoms with van der Waals surface area (Å²) in [4.78, 5) is 35.2. The normalized spacial score (nSPS) is 11.2. The van der Waals surface area contributed by atoms with Crippen LogP contribution >= 0.6 is 0 Å². The third-order valence-corrected chi connectivity index (χ3v) is 3.72. The predicted octanol–water partition coefficient (Wildman–Crippen LogP) is 2.34. The van der Waals surface area contributed by atoms with E-state index < -0.39 is 30.9 Å². The zero-order valence-electron chi connectivity index (χ0n) is 15.1. The van der Waals surface area contributed by atoms with E-state index in [1.807, 2.05) is 45.9 Å². The van der Waals surface area contributed by atoms with Crippen molar-refractivity contribution in [2.45, 2.75) is 39.5 Å². The van der Waals surface area contributed by atoms with E-state index in [0.717, 1.165) is 21.7 Å². The van der Waals surface area contributed by atoms with Gasteiger partial charge in [0.15, 0.2) is 0 Å². The van der Waals surface area contributed by atoms with Crippen molar-refractivity contribution in [3.63, 3.8) is 0 Å². The molecule has 0 aliphatic carbocycles. The molecule has 0 aliphatic rings. The Morgan fingerprint density at radius 2 is 1.36 bits per heavy atom. The van der Waals surface area contributed by atoms with Gasteiger partial charge in [-0.3, -0.25) is 19.3 Å². The van der Waals surface area contributed by atoms with Crippen LogP contribution in [-0.2, 0) is 14.4 Å². The number of hydrogen-bond acceptors (Lipinski definition) is 4. The van der Waals surface area contributed by atoms with Gasteiger partial charge in [0.25, 0.3) is 0 Å². The van der Waals surface area contributed by atoms with Gasteiger partial charge >= 0.3 is 11.9 Å². The highest BCUT2D eigenvalue weighted by atomic mass is 16.4. The third kappa shape index (κ3) is 6.54. The van der Waals surface area contributed by atoms with Crippen LogP contribution in [0.1, 0.15) is 50.7 Å². The first-order chi connectivity index (χ1) is 11.6. The molecule has 0 bridgehead atoms. The van der Waals surface area contributed by atoms with Gasteiger partial charge in [-0.1, -0.05) is 45.9 Å². The fraction of sp³-hybridized carbons (Fsp3) is 0.500. The van der Waals surface area contributed by atoms with Crippen LogP contribution in [-0.4, -0.2) is 52.6 Å². The Morgan fingerprint density at radius 3 is 1.72 bits per heavy atom. The minimum Gasteiger partial charge on any atom is -0.480 e. The van der Waals surface area contributed by atoms with Gasteiger partial charge in [0, 0.05) is 5.69 Å². The first-order valence-corrected chi connectivity index (χ1v) is 8.20. The maximum atomic E-state index is 12.4. The Balaban J connectivity index is 3.01. The van der Waals surface area contributed by atoms with E-state index in [9.17, 15) is 14.4 Å². The number of nitrogens with one attached hydrogen (secondary N) is 1. The molecule has 0 saturated heterocycles. The van der Waals surface area contributed by atoms with Crippen molar-refractivity contribution >= 4 is 23.5 Å². The molecule has 3 N–H and O–H groups in total. The fourth-order valence-electron chi connectivity index (χ4n) is 2.63. The number of amides is 1. The molecule has 0 radical (unpaired) electrons. The highest BCUT2D eigenvalue weighted by Crippen LogP contribution is 2.32. The van der Waals surface area contributed by atoms with Crippen molar-refractivity contribution in [3.8, 4) is 0 Å². The van der Waals surface area contributed by atoms with Gasteiger partial charge in [-0.05, 0) is 23.0 Å². The lowest BCUT2D eigenvalue weighted by molar-refractivity contribution is -0.142. The monoisotopic (exact) mass is 350 g/mol. The van der Waals surface area contributed by atoms with Crippen molar-refractivity contribution in [2.24, 2.45) is 0 Å². The Labute approximate surface area is 147 Å². The molecular weight excluding hydrogens is 324 g/mol. The largest absolute Gasteiger partial charge is 0.480 e. The highest BCUT2D eigenvalue weighted by molar-refractivity contribution is 5.94. The number of benzene rings is 1. The molecular formula is C18H26N2O5. The number of para-hydroxylation sites is 1. The van der Waals surface area contributed by atoms with Gasteiger partial charge in [0.1, 0.15) is 0 Å². The summed E-state index contributed by atoms with van der Waals surface area (Å²) in [5.74, 6) is -2.40. The molecule has 0 spiro atoms. The average Bonchev–Trinajstić information content (AvgIpc) is 2.45. The van der Waals surface area contributed by atoms with Crippen LogP contribution in [0, 0.1) is 0 Å². The first-order valence-electron chi connectivity index (χ1n) is 8.20. The van der Waals surface area contributed by atoms with E-state index in [4.69, 9.17) is 10.2 Å². The number of carboxylic acids is 2. The van der Waals surface area contributed by atoms with Gasteiger partial charge in [-0.2, -0.15) is 0 Å². The molecule has 138 valence electrons. The molecule has 1 rings (SSSR count). The van der Waals surface area contributed by atoms with E-state index in [1.165, 1.54) is 0 Å². The molecule has 0 atom stereocenters. The summed E-state index contributed by atoms with van der Waals surface area (Å²) in [6.45, 7) is 6.77. The first kappa shape index (κ1) is 20.6. The molecule has 1 aromatic carbocycles. The van der Waals surface area contributed by atoms with Crippen LogP contribution in [0.25, 0.3) is 0 Å². The molecule has 0 saturated carbocycles. The van der Waals surface area contributed by atoms with Gasteiger partial charge in [-0.25, -0.2) is 0 Å². The van der Waals surface area contributed by atoms with Crippen LogP contribution in [0.2, 0.25) is 0 Å². The lowest BCUT2D eigenvalue weighted by Crippen LogP contribution is -2.40. The number of anilines is 1. The second-order valence-electron chi connectivity index (χ2n) is 6.60. The van der Waals surface area contributed by atoms with Crippen molar-refractivity contribution in [1.29, 1.82) is 0 Å². The lowest BCUT2D eigenvalue weighted by Gasteiger charge is -2.22. The number of carbonyl (C=O) groups excluding carboxylic acids is 1. The Bertz CT molecular complexity index is 598. The van der Waals surface area contributed by atoms with E-state index in [-0.39, 0.29) is 18.4 Å². The summed E-state index contributed by atoms with van der Waals surface area (Å²) in [7, 11) is 0. The van der Waals surface area contributed by atoms with Crippen molar-refractivity contribution in [1.82, 2.24) is 4.90 Å². The quantitative estimate of drug-likeness (QED) is 0.631. The zero-order chi connectivity index (χ0) is 19.1. The molecule has 7 nitrogen and oxygen atoms in total. The van der Waals surface area contributed by atoms with E-state index in [2.05, 4.69) is 5.32 Å². The second-order valence-corrected chi connectivity index (χ2v) is 6.60. The zero-order valence-corrected chi connectivity index (χ0v) is 15.1. The smallest absolute Gasteiger partial charge is 0.317 e. The van der Waals surface area contributed by atoms with Crippen LogP contribution < -0.4 is 5.32 Å². The molecule has 7 heteroatoms. The van der Waals surface area contributed by atoms with Crippen molar-refractivity contribution < 1.29 is 24.6 Å². The predicted molar refractivity (Wildman–Crippen MR) is 95.0 cm³/mol. The summed E-state index contributed by atoms with van der Waals surface area (Å²) in [5.41, 5.74) is 2.70. The standard InChI is InChI=1S/C18H26N2O5/c1-11(2)13-6-5-7-14(12(3)4)18(13)19-15(21)8-20(9-16(22)23)10-17(24)25/h5-7,11-12H,8-10H2,1-4H3,(H,19,21)(H,22,23)(H,24,25). The molecule has 0 unspecified atom stereocenters. The van der Waals surface area contributed by atoms with Gasteiger partial charge in [-0.15, -0.1) is 0 Å². The second kappa shape index (κ2) is 9.17. The van der Waals surface area contributed by atoms with Crippen LogP contribution in [0.15, 0.2) is 18.2 Å². The van der Waals surface area contributed by atoms with Crippen molar-refractivity contribution in [2.75, 3.05) is 25.0 Å². The highest BCUT2D eigenvalue weighted by Gasteiger charge is 2.20. The molecule has 1 amide bonds. The van der Waals surface area contributed by atoms with Crippen LogP contribution in [0.3, 0.4) is 0 Å². The van der Waals surface area contributed by atoms with E-state index in [0.29, 0.717) is 0 Å². The summed E-state index contributed by atoms with van der Waals surface area (Å²) in [5, 5.41) is 20.6. The number of rotatable bonds is 9. The van der Waals surface area contributed by atoms with Gasteiger partial charge < -0.3 is 15.5 Å². The maximum Gasteiger partial charge on any atom is 0.317 e. The molecule has 0 heterocycles. The number of carbonyl (C=O) groups is 3. The Kier molecular flexibility index (Phi) is 7.57. The molecule has 0 fully saturated rings. The summed E-state index contributed by atoms with van der Waals surface area (Å²) >= 11 is 0. The van der Waals surface area contributed by atoms with Crippen molar-refractivity contribution in [3.05, 3.63) is 29.3 Å². The topological polar surface area (TPSA) is 107 Å². The number of aliphatic carboxylic acids is 2. The Morgan fingerprint density at radius 1 is 0.920 bits per heavy atom. The summed E-state index contributed by atoms with van der Waals surface area (Å²) in [6, 6.07) is 5.83. The van der Waals surface area contributed by atoms with Gasteiger partial charge in [0.2, 0.25) is 5.91 Å². The number of nitrogens with zero attached hydrogens (tertiary/aromatic N) is 1. The SMILES string of the molecule is CC(C)c1cccc(C(C)C)c1NC(=O)CN(CC(=O)O)CC(=O)O.